The summed E-state index contributed by atoms with van der Waals surface area (Å²) in [6.45, 7) is 8.03. The van der Waals surface area contributed by atoms with E-state index >= 15 is 0 Å². The molecule has 0 heterocycles. The molecule has 0 aliphatic carbocycles. The molecular formula is C20H26O4. The molecule has 0 aromatic heterocycles. The van der Waals surface area contributed by atoms with Gasteiger partial charge in [-0.2, -0.15) is 0 Å². The molecule has 2 aromatic carbocycles. The van der Waals surface area contributed by atoms with Crippen LogP contribution in [-0.4, -0.2) is 28.2 Å². The molecule has 0 unspecified atom stereocenters. The lowest BCUT2D eigenvalue weighted by molar-refractivity contribution is -0.0680. The first-order valence-corrected chi connectivity index (χ1v) is 8.18. The van der Waals surface area contributed by atoms with Crippen LogP contribution in [0.1, 0.15) is 47.6 Å². The Morgan fingerprint density at radius 2 is 1.62 bits per heavy atom. The molecule has 0 saturated heterocycles. The Morgan fingerprint density at radius 3 is 2.17 bits per heavy atom. The van der Waals surface area contributed by atoms with Gasteiger partial charge in [0.25, 0.3) is 0 Å². The fourth-order valence-electron chi connectivity index (χ4n) is 2.87. The number of benzene rings is 2. The Bertz CT molecular complexity index is 682. The second-order valence-electron chi connectivity index (χ2n) is 6.55. The number of hydrogen-bond donors (Lipinski definition) is 3. The maximum Gasteiger partial charge on any atom is 0.186 e. The largest absolute Gasteiger partial charge is 0.508 e. The molecule has 0 atom stereocenters. The fourth-order valence-corrected chi connectivity index (χ4v) is 2.87. The van der Waals surface area contributed by atoms with Crippen molar-refractivity contribution in [2.24, 2.45) is 0 Å². The summed E-state index contributed by atoms with van der Waals surface area (Å²) in [5.74, 6) is 1.25. The molecule has 4 nitrogen and oxygen atoms in total. The predicted molar refractivity (Wildman–Crippen MR) is 94.6 cm³/mol. The average Bonchev–Trinajstić information content (AvgIpc) is 2.50. The Morgan fingerprint density at radius 1 is 1.00 bits per heavy atom. The van der Waals surface area contributed by atoms with Crippen molar-refractivity contribution >= 4 is 0 Å². The minimum atomic E-state index is -1.48. The third-order valence-corrected chi connectivity index (χ3v) is 4.16. The maximum absolute atomic E-state index is 9.96. The number of phenolic OH excluding ortho intramolecular Hbond substituents is 1. The Kier molecular flexibility index (Phi) is 5.86. The van der Waals surface area contributed by atoms with Crippen LogP contribution in [0.15, 0.2) is 30.3 Å². The SMILES string of the molecule is Cc1cc(OCC(O)O)cc(C)c1Cc1ccc(O)c(C(C)C)c1. The minimum Gasteiger partial charge on any atom is -0.508 e. The minimum absolute atomic E-state index is 0.145. The summed E-state index contributed by atoms with van der Waals surface area (Å²) in [5.41, 5.74) is 5.52. The van der Waals surface area contributed by atoms with E-state index in [-0.39, 0.29) is 12.5 Å². The van der Waals surface area contributed by atoms with E-state index in [0.717, 1.165) is 28.7 Å². The molecule has 0 aliphatic rings. The van der Waals surface area contributed by atoms with Crippen LogP contribution in [-0.2, 0) is 6.42 Å². The van der Waals surface area contributed by atoms with Crippen LogP contribution in [0.25, 0.3) is 0 Å². The zero-order valence-corrected chi connectivity index (χ0v) is 14.7. The van der Waals surface area contributed by atoms with E-state index in [0.29, 0.717) is 11.5 Å². The van der Waals surface area contributed by atoms with E-state index in [1.165, 1.54) is 5.56 Å². The van der Waals surface area contributed by atoms with Crippen LogP contribution in [0.5, 0.6) is 11.5 Å². The molecule has 0 aliphatic heterocycles. The lowest BCUT2D eigenvalue weighted by atomic mass is 9.93. The maximum atomic E-state index is 9.96. The van der Waals surface area contributed by atoms with Crippen molar-refractivity contribution in [3.8, 4) is 11.5 Å². The zero-order chi connectivity index (χ0) is 17.9. The summed E-state index contributed by atoms with van der Waals surface area (Å²) in [6, 6.07) is 9.59. The number of hydrogen-bond acceptors (Lipinski definition) is 4. The highest BCUT2D eigenvalue weighted by molar-refractivity contribution is 5.45. The van der Waals surface area contributed by atoms with E-state index in [1.54, 1.807) is 6.07 Å². The molecule has 0 spiro atoms. The summed E-state index contributed by atoms with van der Waals surface area (Å²) in [4.78, 5) is 0. The third-order valence-electron chi connectivity index (χ3n) is 4.16. The van der Waals surface area contributed by atoms with E-state index in [9.17, 15) is 5.11 Å². The van der Waals surface area contributed by atoms with Gasteiger partial charge in [-0.15, -0.1) is 0 Å². The highest BCUT2D eigenvalue weighted by Gasteiger charge is 2.11. The van der Waals surface area contributed by atoms with Crippen molar-refractivity contribution < 1.29 is 20.1 Å². The topological polar surface area (TPSA) is 69.9 Å². The first-order valence-electron chi connectivity index (χ1n) is 8.18. The van der Waals surface area contributed by atoms with Crippen molar-refractivity contribution in [2.75, 3.05) is 6.61 Å². The standard InChI is InChI=1S/C20H26O4/c1-12(2)17-9-15(5-6-19(17)21)10-18-13(3)7-16(8-14(18)4)24-11-20(22)23/h5-9,12,20-23H,10-11H2,1-4H3. The lowest BCUT2D eigenvalue weighted by Gasteiger charge is -2.16. The Hall–Kier alpha value is -2.04. The quantitative estimate of drug-likeness (QED) is 0.710. The number of aryl methyl sites for hydroxylation is 2. The van der Waals surface area contributed by atoms with E-state index in [2.05, 4.69) is 19.9 Å². The Labute approximate surface area is 143 Å². The fraction of sp³-hybridized carbons (Fsp3) is 0.400. The summed E-state index contributed by atoms with van der Waals surface area (Å²) >= 11 is 0. The molecule has 0 fully saturated rings. The van der Waals surface area contributed by atoms with Crippen molar-refractivity contribution in [1.82, 2.24) is 0 Å². The number of ether oxygens (including phenoxy) is 1. The van der Waals surface area contributed by atoms with Crippen LogP contribution in [0.3, 0.4) is 0 Å². The Balaban J connectivity index is 2.25. The number of aromatic hydroxyl groups is 1. The van der Waals surface area contributed by atoms with Gasteiger partial charge < -0.3 is 20.1 Å². The van der Waals surface area contributed by atoms with Crippen LogP contribution < -0.4 is 4.74 Å². The smallest absolute Gasteiger partial charge is 0.186 e. The first-order chi connectivity index (χ1) is 11.3. The number of rotatable bonds is 6. The third kappa shape index (κ3) is 4.49. The van der Waals surface area contributed by atoms with Crippen LogP contribution in [0.2, 0.25) is 0 Å². The van der Waals surface area contributed by atoms with Gasteiger partial charge >= 0.3 is 0 Å². The molecule has 2 rings (SSSR count). The van der Waals surface area contributed by atoms with Gasteiger partial charge in [0.15, 0.2) is 6.29 Å². The molecule has 24 heavy (non-hydrogen) atoms. The molecule has 0 saturated carbocycles. The van der Waals surface area contributed by atoms with E-state index < -0.39 is 6.29 Å². The van der Waals surface area contributed by atoms with Crippen molar-refractivity contribution in [3.63, 3.8) is 0 Å². The number of phenols is 1. The highest BCUT2D eigenvalue weighted by atomic mass is 16.5. The molecule has 2 aromatic rings. The van der Waals surface area contributed by atoms with E-state index in [4.69, 9.17) is 14.9 Å². The molecule has 0 amide bonds. The van der Waals surface area contributed by atoms with Gasteiger partial charge in [-0.1, -0.05) is 26.0 Å². The molecule has 130 valence electrons. The molecule has 4 heteroatoms. The van der Waals surface area contributed by atoms with Gasteiger partial charge in [0.2, 0.25) is 0 Å². The van der Waals surface area contributed by atoms with Gasteiger partial charge in [-0.05, 0) is 72.2 Å². The van der Waals surface area contributed by atoms with E-state index in [1.807, 2.05) is 32.0 Å². The second kappa shape index (κ2) is 7.69. The van der Waals surface area contributed by atoms with Gasteiger partial charge in [0.1, 0.15) is 18.1 Å². The average molecular weight is 330 g/mol. The molecular weight excluding hydrogens is 304 g/mol. The predicted octanol–water partition coefficient (Wildman–Crippen LogP) is 3.41. The summed E-state index contributed by atoms with van der Waals surface area (Å²) in [5, 5.41) is 27.8. The molecule has 0 radical (unpaired) electrons. The van der Waals surface area contributed by atoms with Crippen molar-refractivity contribution in [3.05, 3.63) is 58.1 Å². The number of aliphatic hydroxyl groups excluding tert-OH is 1. The highest BCUT2D eigenvalue weighted by Crippen LogP contribution is 2.29. The van der Waals surface area contributed by atoms with Gasteiger partial charge in [-0.25, -0.2) is 0 Å². The van der Waals surface area contributed by atoms with Crippen LogP contribution in [0.4, 0.5) is 0 Å². The van der Waals surface area contributed by atoms with Gasteiger partial charge in [0.05, 0.1) is 0 Å². The van der Waals surface area contributed by atoms with Gasteiger partial charge in [0, 0.05) is 0 Å². The zero-order valence-electron chi connectivity index (χ0n) is 14.7. The monoisotopic (exact) mass is 330 g/mol. The lowest BCUT2D eigenvalue weighted by Crippen LogP contribution is -2.16. The summed E-state index contributed by atoms with van der Waals surface area (Å²) < 4.78 is 5.37. The summed E-state index contributed by atoms with van der Waals surface area (Å²) in [7, 11) is 0. The molecule has 0 bridgehead atoms. The van der Waals surface area contributed by atoms with Gasteiger partial charge in [-0.3, -0.25) is 0 Å². The second-order valence-corrected chi connectivity index (χ2v) is 6.55. The summed E-state index contributed by atoms with van der Waals surface area (Å²) in [6.07, 6.45) is -0.697. The van der Waals surface area contributed by atoms with Crippen molar-refractivity contribution in [1.29, 1.82) is 0 Å². The first kappa shape index (κ1) is 18.3. The number of aliphatic hydroxyl groups is 2. The molecule has 3 N–H and O–H groups in total. The van der Waals surface area contributed by atoms with Crippen LogP contribution >= 0.6 is 0 Å². The van der Waals surface area contributed by atoms with Crippen molar-refractivity contribution in [2.45, 2.75) is 46.3 Å². The van der Waals surface area contributed by atoms with Crippen LogP contribution in [0, 0.1) is 13.8 Å². The normalized spacial score (nSPS) is 11.3.